The Hall–Kier alpha value is -1.10. The fraction of sp³-hybridized carbons (Fsp3) is 0.533. The van der Waals surface area contributed by atoms with Gasteiger partial charge < -0.3 is 10.0 Å². The summed E-state index contributed by atoms with van der Waals surface area (Å²) in [4.78, 5) is 15.9. The van der Waals surface area contributed by atoms with Gasteiger partial charge in [0.15, 0.2) is 0 Å². The third kappa shape index (κ3) is 4.47. The van der Waals surface area contributed by atoms with Crippen LogP contribution in [0.1, 0.15) is 6.92 Å². The summed E-state index contributed by atoms with van der Waals surface area (Å²) in [7, 11) is 0. The molecule has 1 aliphatic heterocycles. The van der Waals surface area contributed by atoms with Crippen molar-refractivity contribution in [2.24, 2.45) is 0 Å². The number of carbonyl (C=O) groups excluding carboxylic acids is 1. The zero-order valence-corrected chi connectivity index (χ0v) is 12.7. The van der Waals surface area contributed by atoms with E-state index in [1.165, 1.54) is 0 Å². The van der Waals surface area contributed by atoms with Crippen LogP contribution in [-0.4, -0.2) is 65.0 Å². The molecular weight excluding hydrogens is 276 g/mol. The van der Waals surface area contributed by atoms with E-state index in [-0.39, 0.29) is 18.6 Å². The van der Waals surface area contributed by atoms with Crippen molar-refractivity contribution in [1.82, 2.24) is 9.80 Å². The van der Waals surface area contributed by atoms with Gasteiger partial charge in [-0.05, 0) is 12.5 Å². The number of nitrogens with zero attached hydrogens (tertiary/aromatic N) is 2. The molecule has 20 heavy (non-hydrogen) atoms. The van der Waals surface area contributed by atoms with Crippen LogP contribution in [-0.2, 0) is 4.79 Å². The molecule has 1 saturated heterocycles. The van der Waals surface area contributed by atoms with Crippen LogP contribution >= 0.6 is 11.6 Å². The summed E-state index contributed by atoms with van der Waals surface area (Å²) in [5, 5.41) is 8.93. The smallest absolute Gasteiger partial charge is 0.240 e. The number of aliphatic hydroxyl groups excluding tert-OH is 1. The van der Waals surface area contributed by atoms with Crippen molar-refractivity contribution in [3.63, 3.8) is 0 Å². The normalized spacial score (nSPS) is 22.4. The number of carbonyl (C=O) groups is 1. The van der Waals surface area contributed by atoms with Crippen LogP contribution in [0.5, 0.6) is 0 Å². The topological polar surface area (TPSA) is 43.8 Å². The predicted molar refractivity (Wildman–Crippen MR) is 82.8 cm³/mol. The highest BCUT2D eigenvalue weighted by atomic mass is 35.5. The first-order valence-electron chi connectivity index (χ1n) is 6.75. The molecule has 0 aliphatic carbocycles. The number of piperazine rings is 1. The first-order valence-corrected chi connectivity index (χ1v) is 7.18. The maximum absolute atomic E-state index is 12.0. The van der Waals surface area contributed by atoms with Crippen LogP contribution < -0.4 is 0 Å². The first kappa shape index (κ1) is 17.0. The van der Waals surface area contributed by atoms with Gasteiger partial charge >= 0.3 is 0 Å². The summed E-state index contributed by atoms with van der Waals surface area (Å²) in [5.74, 6) is -0.115. The number of rotatable bonds is 6. The van der Waals surface area contributed by atoms with E-state index in [1.54, 1.807) is 24.0 Å². The quantitative estimate of drug-likeness (QED) is 0.596. The van der Waals surface area contributed by atoms with Crippen LogP contribution in [0.2, 0.25) is 0 Å². The van der Waals surface area contributed by atoms with E-state index in [0.717, 1.165) is 18.7 Å². The fourth-order valence-electron chi connectivity index (χ4n) is 2.33. The molecule has 0 aromatic heterocycles. The predicted octanol–water partition coefficient (Wildman–Crippen LogP) is 1.42. The highest BCUT2D eigenvalue weighted by Crippen LogP contribution is 2.14. The summed E-state index contributed by atoms with van der Waals surface area (Å²) >= 11 is 5.85. The average molecular weight is 299 g/mol. The van der Waals surface area contributed by atoms with E-state index >= 15 is 0 Å². The number of halogens is 1. The maximum atomic E-state index is 12.0. The Bertz CT molecular complexity index is 393. The van der Waals surface area contributed by atoms with E-state index in [2.05, 4.69) is 18.1 Å². The lowest BCUT2D eigenvalue weighted by atomic mass is 10.1. The van der Waals surface area contributed by atoms with E-state index in [9.17, 15) is 9.90 Å². The molecule has 2 unspecified atom stereocenters. The maximum Gasteiger partial charge on any atom is 0.240 e. The molecule has 0 spiro atoms. The van der Waals surface area contributed by atoms with Crippen molar-refractivity contribution < 1.29 is 9.90 Å². The minimum absolute atomic E-state index is 0.0551. The SMILES string of the molecule is C=C/C=C(\C=C)CN1CCN(C(=O)C(C)Cl)C(CO)C1. The number of alkyl halides is 1. The van der Waals surface area contributed by atoms with Crippen molar-refractivity contribution >= 4 is 17.5 Å². The molecule has 1 rings (SSSR count). The number of aliphatic hydroxyl groups is 1. The van der Waals surface area contributed by atoms with E-state index in [0.29, 0.717) is 13.1 Å². The first-order chi connectivity index (χ1) is 9.53. The second-order valence-electron chi connectivity index (χ2n) is 4.90. The van der Waals surface area contributed by atoms with Crippen LogP contribution in [0.4, 0.5) is 0 Å². The molecule has 1 amide bonds. The highest BCUT2D eigenvalue weighted by Gasteiger charge is 2.31. The van der Waals surface area contributed by atoms with Crippen LogP contribution in [0, 0.1) is 0 Å². The van der Waals surface area contributed by atoms with Crippen molar-refractivity contribution in [2.45, 2.75) is 18.3 Å². The second kappa shape index (κ2) is 8.25. The van der Waals surface area contributed by atoms with Gasteiger partial charge in [-0.3, -0.25) is 9.69 Å². The zero-order valence-electron chi connectivity index (χ0n) is 12.0. The van der Waals surface area contributed by atoms with Gasteiger partial charge in [-0.25, -0.2) is 0 Å². The van der Waals surface area contributed by atoms with Crippen molar-refractivity contribution in [3.8, 4) is 0 Å². The van der Waals surface area contributed by atoms with Gasteiger partial charge in [0.2, 0.25) is 5.91 Å². The van der Waals surface area contributed by atoms with Crippen LogP contribution in [0.3, 0.4) is 0 Å². The molecule has 0 radical (unpaired) electrons. The molecule has 2 atom stereocenters. The fourth-order valence-corrected chi connectivity index (χ4v) is 2.46. The summed E-state index contributed by atoms with van der Waals surface area (Å²) in [6, 6.07) is -0.202. The molecular formula is C15H23ClN2O2. The molecule has 112 valence electrons. The summed E-state index contributed by atoms with van der Waals surface area (Å²) < 4.78 is 0. The average Bonchev–Trinajstić information content (AvgIpc) is 2.45. The van der Waals surface area contributed by atoms with Crippen molar-refractivity contribution in [1.29, 1.82) is 0 Å². The molecule has 0 bridgehead atoms. The minimum atomic E-state index is -0.556. The van der Waals surface area contributed by atoms with Gasteiger partial charge in [0.1, 0.15) is 5.38 Å². The molecule has 1 heterocycles. The lowest BCUT2D eigenvalue weighted by molar-refractivity contribution is -0.136. The number of hydrogen-bond acceptors (Lipinski definition) is 3. The van der Waals surface area contributed by atoms with Crippen molar-refractivity contribution in [2.75, 3.05) is 32.8 Å². The lowest BCUT2D eigenvalue weighted by Gasteiger charge is -2.41. The molecule has 5 heteroatoms. The third-order valence-corrected chi connectivity index (χ3v) is 3.59. The van der Waals surface area contributed by atoms with E-state index in [4.69, 9.17) is 11.6 Å². The minimum Gasteiger partial charge on any atom is -0.394 e. The molecule has 0 aromatic carbocycles. The largest absolute Gasteiger partial charge is 0.394 e. The summed E-state index contributed by atoms with van der Waals surface area (Å²) in [6.07, 6.45) is 5.45. The number of hydrogen-bond donors (Lipinski definition) is 1. The molecule has 0 saturated carbocycles. The van der Waals surface area contributed by atoms with Gasteiger partial charge in [0, 0.05) is 26.2 Å². The van der Waals surface area contributed by atoms with Crippen LogP contribution in [0.25, 0.3) is 0 Å². The molecule has 1 N–H and O–H groups in total. The molecule has 0 aromatic rings. The summed E-state index contributed by atoms with van der Waals surface area (Å²) in [5.41, 5.74) is 1.07. The molecule has 1 fully saturated rings. The number of allylic oxidation sites excluding steroid dienone is 2. The Labute approximate surface area is 126 Å². The molecule has 4 nitrogen and oxygen atoms in total. The van der Waals surface area contributed by atoms with Gasteiger partial charge in [-0.2, -0.15) is 0 Å². The standard InChI is InChI=1S/C15H23ClN2O2/c1-4-6-13(5-2)9-17-7-8-18(14(10-17)11-19)15(20)12(3)16/h4-6,12,14,19H,1-2,7-11H2,3H3/b13-6+. The number of amides is 1. The van der Waals surface area contributed by atoms with Gasteiger partial charge in [0.05, 0.1) is 12.6 Å². The van der Waals surface area contributed by atoms with Gasteiger partial charge in [-0.15, -0.1) is 11.6 Å². The highest BCUT2D eigenvalue weighted by molar-refractivity contribution is 6.30. The van der Waals surface area contributed by atoms with E-state index < -0.39 is 5.38 Å². The monoisotopic (exact) mass is 298 g/mol. The van der Waals surface area contributed by atoms with Gasteiger partial charge in [0.25, 0.3) is 0 Å². The third-order valence-electron chi connectivity index (χ3n) is 3.40. The molecule has 1 aliphatic rings. The van der Waals surface area contributed by atoms with E-state index in [1.807, 2.05) is 6.08 Å². The second-order valence-corrected chi connectivity index (χ2v) is 5.56. The Balaban J connectivity index is 2.67. The Kier molecular flexibility index (Phi) is 6.99. The lowest BCUT2D eigenvalue weighted by Crippen LogP contribution is -2.58. The van der Waals surface area contributed by atoms with Crippen molar-refractivity contribution in [3.05, 3.63) is 37.0 Å². The zero-order chi connectivity index (χ0) is 15.1. The summed E-state index contributed by atoms with van der Waals surface area (Å²) in [6.45, 7) is 11.8. The van der Waals surface area contributed by atoms with Crippen LogP contribution in [0.15, 0.2) is 37.0 Å². The van der Waals surface area contributed by atoms with Gasteiger partial charge in [-0.1, -0.05) is 31.4 Å². The Morgan fingerprint density at radius 3 is 2.70 bits per heavy atom. The Morgan fingerprint density at radius 1 is 1.50 bits per heavy atom. The Morgan fingerprint density at radius 2 is 2.20 bits per heavy atom.